The lowest BCUT2D eigenvalue weighted by atomic mass is 9.87. The van der Waals surface area contributed by atoms with Gasteiger partial charge < -0.3 is 5.32 Å². The van der Waals surface area contributed by atoms with E-state index in [2.05, 4.69) is 22.2 Å². The molecule has 0 amide bonds. The minimum Gasteiger partial charge on any atom is -0.367 e. The Bertz CT molecular complexity index is 641. The van der Waals surface area contributed by atoms with Crippen LogP contribution in [0.2, 0.25) is 0 Å². The lowest BCUT2D eigenvalue weighted by molar-refractivity contribution is 0.361. The van der Waals surface area contributed by atoms with E-state index in [-0.39, 0.29) is 0 Å². The Morgan fingerprint density at radius 3 is 2.76 bits per heavy atom. The summed E-state index contributed by atoms with van der Waals surface area (Å²) in [5.41, 5.74) is 1.54. The van der Waals surface area contributed by atoms with Crippen molar-refractivity contribution >= 4 is 27.4 Å². The molecule has 1 saturated carbocycles. The molecule has 112 valence electrons. The van der Waals surface area contributed by atoms with Crippen molar-refractivity contribution in [2.75, 3.05) is 5.32 Å². The number of rotatable bonds is 2. The lowest BCUT2D eigenvalue weighted by Crippen LogP contribution is -2.25. The maximum atomic E-state index is 4.58. The third kappa shape index (κ3) is 2.54. The van der Waals surface area contributed by atoms with Gasteiger partial charge in [-0.15, -0.1) is 11.3 Å². The van der Waals surface area contributed by atoms with Crippen molar-refractivity contribution in [1.29, 1.82) is 0 Å². The largest absolute Gasteiger partial charge is 0.367 e. The Hall–Kier alpha value is -1.16. The van der Waals surface area contributed by atoms with E-state index in [0.717, 1.165) is 11.7 Å². The van der Waals surface area contributed by atoms with Crippen LogP contribution < -0.4 is 5.32 Å². The number of anilines is 1. The van der Waals surface area contributed by atoms with E-state index in [1.54, 1.807) is 11.2 Å². The van der Waals surface area contributed by atoms with Crippen molar-refractivity contribution in [1.82, 2.24) is 9.97 Å². The predicted molar refractivity (Wildman–Crippen MR) is 89.1 cm³/mol. The Labute approximate surface area is 130 Å². The molecule has 2 aliphatic carbocycles. The van der Waals surface area contributed by atoms with Gasteiger partial charge in [-0.25, -0.2) is 9.97 Å². The topological polar surface area (TPSA) is 37.8 Å². The zero-order valence-electron chi connectivity index (χ0n) is 12.7. The van der Waals surface area contributed by atoms with Gasteiger partial charge in [0.25, 0.3) is 0 Å². The zero-order valence-corrected chi connectivity index (χ0v) is 13.5. The van der Waals surface area contributed by atoms with Gasteiger partial charge in [-0.3, -0.25) is 0 Å². The predicted octanol–water partition coefficient (Wildman–Crippen LogP) is 4.56. The molecule has 0 radical (unpaired) electrons. The quantitative estimate of drug-likeness (QED) is 0.883. The van der Waals surface area contributed by atoms with Gasteiger partial charge in [0.15, 0.2) is 0 Å². The zero-order chi connectivity index (χ0) is 14.2. The highest BCUT2D eigenvalue weighted by Gasteiger charge is 2.23. The summed E-state index contributed by atoms with van der Waals surface area (Å²) >= 11 is 1.89. The van der Waals surface area contributed by atoms with E-state index >= 15 is 0 Å². The molecule has 0 atom stereocenters. The highest BCUT2D eigenvalue weighted by molar-refractivity contribution is 7.19. The average Bonchev–Trinajstić information content (AvgIpc) is 2.89. The summed E-state index contributed by atoms with van der Waals surface area (Å²) in [6.07, 6.45) is 12.1. The lowest BCUT2D eigenvalue weighted by Gasteiger charge is -2.27. The molecule has 4 heteroatoms. The highest BCUT2D eigenvalue weighted by atomic mass is 32.1. The number of fused-ring (bicyclic) bond motifs is 3. The standard InChI is InChI=1S/C17H23N3S/c1-11-6-8-12(9-7-11)20-16-15-13-4-2-3-5-14(13)21-17(15)19-10-18-16/h10-12H,2-9H2,1H3,(H,18,19,20)/t11-,12-. The molecule has 2 aromatic rings. The normalized spacial score (nSPS) is 25.8. The smallest absolute Gasteiger partial charge is 0.138 e. The minimum absolute atomic E-state index is 0.596. The van der Waals surface area contributed by atoms with Crippen LogP contribution >= 0.6 is 11.3 Å². The molecule has 4 rings (SSSR count). The van der Waals surface area contributed by atoms with Crippen LogP contribution in [0, 0.1) is 5.92 Å². The van der Waals surface area contributed by atoms with Crippen molar-refractivity contribution in [2.24, 2.45) is 5.92 Å². The van der Waals surface area contributed by atoms with Crippen LogP contribution in [0.3, 0.4) is 0 Å². The maximum Gasteiger partial charge on any atom is 0.138 e. The first-order chi connectivity index (χ1) is 10.3. The van der Waals surface area contributed by atoms with Gasteiger partial charge in [0, 0.05) is 10.9 Å². The second kappa shape index (κ2) is 5.56. The van der Waals surface area contributed by atoms with E-state index in [9.17, 15) is 0 Å². The van der Waals surface area contributed by atoms with Gasteiger partial charge in [0.2, 0.25) is 0 Å². The molecular formula is C17H23N3S. The number of hydrogen-bond donors (Lipinski definition) is 1. The molecule has 21 heavy (non-hydrogen) atoms. The maximum absolute atomic E-state index is 4.58. The Morgan fingerprint density at radius 1 is 1.10 bits per heavy atom. The van der Waals surface area contributed by atoms with Crippen molar-refractivity contribution in [3.63, 3.8) is 0 Å². The van der Waals surface area contributed by atoms with Gasteiger partial charge >= 0.3 is 0 Å². The van der Waals surface area contributed by atoms with Gasteiger partial charge in [-0.2, -0.15) is 0 Å². The summed E-state index contributed by atoms with van der Waals surface area (Å²) in [5.74, 6) is 1.99. The van der Waals surface area contributed by atoms with Gasteiger partial charge in [0.05, 0.1) is 5.39 Å². The number of aryl methyl sites for hydroxylation is 2. The Balaban J connectivity index is 1.66. The molecule has 1 fully saturated rings. The Kier molecular flexibility index (Phi) is 3.57. The number of nitrogens with zero attached hydrogens (tertiary/aromatic N) is 2. The number of thiophene rings is 1. The summed E-state index contributed by atoms with van der Waals surface area (Å²) in [7, 11) is 0. The molecular weight excluding hydrogens is 278 g/mol. The van der Waals surface area contributed by atoms with Crippen LogP contribution in [0.15, 0.2) is 6.33 Å². The molecule has 2 aliphatic rings. The van der Waals surface area contributed by atoms with Crippen LogP contribution in [-0.2, 0) is 12.8 Å². The monoisotopic (exact) mass is 301 g/mol. The first kappa shape index (κ1) is 13.5. The molecule has 3 nitrogen and oxygen atoms in total. The van der Waals surface area contributed by atoms with E-state index in [1.165, 1.54) is 67.1 Å². The summed E-state index contributed by atoms with van der Waals surface area (Å²) in [4.78, 5) is 11.8. The second-order valence-corrected chi connectivity index (χ2v) is 7.80. The number of hydrogen-bond acceptors (Lipinski definition) is 4. The van der Waals surface area contributed by atoms with E-state index in [4.69, 9.17) is 0 Å². The fourth-order valence-electron chi connectivity index (χ4n) is 3.80. The van der Waals surface area contributed by atoms with Gasteiger partial charge in [0.1, 0.15) is 17.0 Å². The summed E-state index contributed by atoms with van der Waals surface area (Å²) in [6, 6.07) is 0.596. The Morgan fingerprint density at radius 2 is 1.90 bits per heavy atom. The summed E-state index contributed by atoms with van der Waals surface area (Å²) in [6.45, 7) is 2.37. The van der Waals surface area contributed by atoms with Crippen molar-refractivity contribution in [3.05, 3.63) is 16.8 Å². The van der Waals surface area contributed by atoms with Crippen LogP contribution in [0.4, 0.5) is 5.82 Å². The molecule has 1 N–H and O–H groups in total. The fourth-order valence-corrected chi connectivity index (χ4v) is 5.03. The first-order valence-electron chi connectivity index (χ1n) is 8.33. The SMILES string of the molecule is C[C@H]1CC[C@H](Nc2ncnc3sc4c(c23)CCCC4)CC1. The molecule has 0 aliphatic heterocycles. The molecule has 0 bridgehead atoms. The third-order valence-corrected chi connectivity index (χ3v) is 6.31. The second-order valence-electron chi connectivity index (χ2n) is 6.71. The fraction of sp³-hybridized carbons (Fsp3) is 0.647. The van der Waals surface area contributed by atoms with Crippen LogP contribution in [0.1, 0.15) is 55.9 Å². The number of aromatic nitrogens is 2. The number of nitrogens with one attached hydrogen (secondary N) is 1. The molecule has 0 spiro atoms. The van der Waals surface area contributed by atoms with Crippen molar-refractivity contribution < 1.29 is 0 Å². The van der Waals surface area contributed by atoms with Gasteiger partial charge in [-0.05, 0) is 62.8 Å². The van der Waals surface area contributed by atoms with Crippen molar-refractivity contribution in [2.45, 2.75) is 64.3 Å². The summed E-state index contributed by atoms with van der Waals surface area (Å²) < 4.78 is 0. The third-order valence-electron chi connectivity index (χ3n) is 5.11. The summed E-state index contributed by atoms with van der Waals surface area (Å²) in [5, 5.41) is 5.07. The van der Waals surface area contributed by atoms with Crippen LogP contribution in [-0.4, -0.2) is 16.0 Å². The van der Waals surface area contributed by atoms with E-state index < -0.39 is 0 Å². The average molecular weight is 301 g/mol. The molecule has 0 unspecified atom stereocenters. The van der Waals surface area contributed by atoms with Crippen LogP contribution in [0.5, 0.6) is 0 Å². The molecule has 2 aromatic heterocycles. The van der Waals surface area contributed by atoms with Crippen molar-refractivity contribution in [3.8, 4) is 0 Å². The van der Waals surface area contributed by atoms with E-state index in [1.807, 2.05) is 11.3 Å². The first-order valence-corrected chi connectivity index (χ1v) is 9.14. The minimum atomic E-state index is 0.596. The molecule has 2 heterocycles. The molecule has 0 saturated heterocycles. The molecule has 0 aromatic carbocycles. The highest BCUT2D eigenvalue weighted by Crippen LogP contribution is 2.38. The van der Waals surface area contributed by atoms with Gasteiger partial charge in [-0.1, -0.05) is 6.92 Å². The van der Waals surface area contributed by atoms with E-state index in [0.29, 0.717) is 6.04 Å². The van der Waals surface area contributed by atoms with Crippen LogP contribution in [0.25, 0.3) is 10.2 Å².